The molecule has 0 saturated heterocycles. The second-order valence-electron chi connectivity index (χ2n) is 7.46. The molecule has 0 radical (unpaired) electrons. The van der Waals surface area contributed by atoms with Gasteiger partial charge in [0.15, 0.2) is 0 Å². The fourth-order valence-corrected chi connectivity index (χ4v) is 3.19. The molecule has 1 aliphatic rings. The number of nitrogens with zero attached hydrogens (tertiary/aromatic N) is 1. The van der Waals surface area contributed by atoms with Gasteiger partial charge in [-0.25, -0.2) is 0 Å². The summed E-state index contributed by atoms with van der Waals surface area (Å²) in [4.78, 5) is 38.4. The monoisotopic (exact) mass is 394 g/mol. The molecule has 0 saturated carbocycles. The Kier molecular flexibility index (Phi) is 6.16. The summed E-state index contributed by atoms with van der Waals surface area (Å²) in [6.07, 6.45) is 0.241. The molecule has 1 heterocycles. The van der Waals surface area contributed by atoms with E-state index < -0.39 is 0 Å². The fraction of sp³-hybridized carbons (Fsp3) is 0.318. The molecule has 7 heteroatoms. The van der Waals surface area contributed by atoms with Crippen molar-refractivity contribution < 1.29 is 14.4 Å². The maximum Gasteiger partial charge on any atom is 0.246 e. The van der Waals surface area contributed by atoms with Gasteiger partial charge in [-0.15, -0.1) is 0 Å². The van der Waals surface area contributed by atoms with Gasteiger partial charge in [-0.3, -0.25) is 14.4 Å². The molecule has 7 nitrogen and oxygen atoms in total. The number of hydrogen-bond acceptors (Lipinski definition) is 4. The van der Waals surface area contributed by atoms with Crippen molar-refractivity contribution >= 4 is 40.5 Å². The Morgan fingerprint density at radius 3 is 2.45 bits per heavy atom. The first-order valence-corrected chi connectivity index (χ1v) is 9.71. The predicted octanol–water partition coefficient (Wildman–Crippen LogP) is 3.46. The minimum Gasteiger partial charge on any atom is -0.376 e. The maximum absolute atomic E-state index is 13.0. The minimum absolute atomic E-state index is 0.0436. The van der Waals surface area contributed by atoms with Crippen LogP contribution >= 0.6 is 0 Å². The molecule has 0 bridgehead atoms. The lowest BCUT2D eigenvalue weighted by molar-refractivity contribution is -0.119. The number of fused-ring (bicyclic) bond motifs is 1. The first-order valence-electron chi connectivity index (χ1n) is 9.71. The Labute approximate surface area is 170 Å². The fourth-order valence-electron chi connectivity index (χ4n) is 3.19. The van der Waals surface area contributed by atoms with Gasteiger partial charge in [0.2, 0.25) is 17.7 Å². The Hall–Kier alpha value is -3.35. The van der Waals surface area contributed by atoms with Gasteiger partial charge < -0.3 is 20.9 Å². The van der Waals surface area contributed by atoms with E-state index in [1.54, 1.807) is 23.1 Å². The second kappa shape index (κ2) is 8.77. The van der Waals surface area contributed by atoms with Crippen LogP contribution in [0.25, 0.3) is 0 Å². The van der Waals surface area contributed by atoms with Crippen molar-refractivity contribution in [2.24, 2.45) is 5.92 Å². The van der Waals surface area contributed by atoms with Gasteiger partial charge >= 0.3 is 0 Å². The van der Waals surface area contributed by atoms with Crippen LogP contribution in [0.1, 0.15) is 27.2 Å². The molecule has 0 fully saturated rings. The molecule has 152 valence electrons. The number of carbonyl (C=O) groups is 3. The van der Waals surface area contributed by atoms with Crippen molar-refractivity contribution in [2.75, 3.05) is 27.4 Å². The Balaban J connectivity index is 1.67. The van der Waals surface area contributed by atoms with Crippen LogP contribution in [0.5, 0.6) is 0 Å². The summed E-state index contributed by atoms with van der Waals surface area (Å²) in [5, 5.41) is 8.80. The highest BCUT2D eigenvalue weighted by molar-refractivity contribution is 6.05. The Bertz CT molecular complexity index is 909. The number of hydrogen-bond donors (Lipinski definition) is 3. The van der Waals surface area contributed by atoms with Crippen molar-refractivity contribution in [3.05, 3.63) is 48.5 Å². The van der Waals surface area contributed by atoms with Crippen LogP contribution < -0.4 is 20.9 Å². The highest BCUT2D eigenvalue weighted by atomic mass is 16.2. The van der Waals surface area contributed by atoms with Gasteiger partial charge in [-0.05, 0) is 43.3 Å². The van der Waals surface area contributed by atoms with Crippen LogP contribution in [-0.4, -0.2) is 30.3 Å². The third-order valence-electron chi connectivity index (χ3n) is 4.75. The van der Waals surface area contributed by atoms with Crippen LogP contribution in [0.15, 0.2) is 48.5 Å². The number of rotatable bonds is 5. The number of para-hydroxylation sites is 2. The molecular weight excluding hydrogens is 368 g/mol. The summed E-state index contributed by atoms with van der Waals surface area (Å²) in [6.45, 7) is 5.63. The molecule has 2 aromatic rings. The highest BCUT2D eigenvalue weighted by Gasteiger charge is 2.29. The molecule has 1 aliphatic heterocycles. The minimum atomic E-state index is -0.249. The molecular formula is C22H26N4O3. The summed E-state index contributed by atoms with van der Waals surface area (Å²) >= 11 is 0. The van der Waals surface area contributed by atoms with Gasteiger partial charge in [0.1, 0.15) is 0 Å². The van der Waals surface area contributed by atoms with E-state index in [0.717, 1.165) is 5.69 Å². The molecule has 0 unspecified atom stereocenters. The van der Waals surface area contributed by atoms with Crippen molar-refractivity contribution in [2.45, 2.75) is 33.2 Å². The second-order valence-corrected chi connectivity index (χ2v) is 7.46. The van der Waals surface area contributed by atoms with Gasteiger partial charge in [-0.2, -0.15) is 0 Å². The average molecular weight is 394 g/mol. The van der Waals surface area contributed by atoms with Gasteiger partial charge in [0.05, 0.1) is 17.9 Å². The first-order chi connectivity index (χ1) is 13.8. The van der Waals surface area contributed by atoms with E-state index >= 15 is 0 Å². The van der Waals surface area contributed by atoms with E-state index in [1.807, 2.05) is 51.1 Å². The lowest BCUT2D eigenvalue weighted by Crippen LogP contribution is -2.42. The normalized spacial score (nSPS) is 15.9. The third kappa shape index (κ3) is 4.93. The van der Waals surface area contributed by atoms with E-state index in [1.165, 1.54) is 0 Å². The molecule has 3 N–H and O–H groups in total. The van der Waals surface area contributed by atoms with E-state index in [4.69, 9.17) is 0 Å². The van der Waals surface area contributed by atoms with Crippen molar-refractivity contribution in [3.63, 3.8) is 0 Å². The molecule has 3 amide bonds. The van der Waals surface area contributed by atoms with E-state index in [-0.39, 0.29) is 42.6 Å². The van der Waals surface area contributed by atoms with Crippen molar-refractivity contribution in [1.29, 1.82) is 0 Å². The average Bonchev–Trinajstić information content (AvgIpc) is 2.81. The van der Waals surface area contributed by atoms with Crippen LogP contribution in [0.3, 0.4) is 0 Å². The summed E-state index contributed by atoms with van der Waals surface area (Å²) in [7, 11) is 0. The van der Waals surface area contributed by atoms with Gasteiger partial charge in [-0.1, -0.05) is 26.0 Å². The molecule has 0 aromatic heterocycles. The molecule has 2 aromatic carbocycles. The number of carbonyl (C=O) groups excluding carboxylic acids is 3. The standard InChI is InChI=1S/C22H26N4O3/c1-14(2)22(29)24-17-10-8-16(9-11-17)23-13-21(28)26-15(3)12-20(27)25-18-6-4-5-7-19(18)26/h4-11,14-15,23H,12-13H2,1-3H3,(H,24,29)(H,25,27)/t15-/m0/s1. The zero-order valence-corrected chi connectivity index (χ0v) is 16.9. The van der Waals surface area contributed by atoms with Gasteiger partial charge in [0.25, 0.3) is 0 Å². The quantitative estimate of drug-likeness (QED) is 0.724. The van der Waals surface area contributed by atoms with Crippen LogP contribution in [0.2, 0.25) is 0 Å². The largest absolute Gasteiger partial charge is 0.376 e. The summed E-state index contributed by atoms with van der Waals surface area (Å²) in [6, 6.07) is 14.3. The van der Waals surface area contributed by atoms with Crippen LogP contribution in [-0.2, 0) is 14.4 Å². The summed E-state index contributed by atoms with van der Waals surface area (Å²) < 4.78 is 0. The maximum atomic E-state index is 13.0. The number of amides is 3. The van der Waals surface area contributed by atoms with Crippen LogP contribution in [0.4, 0.5) is 22.7 Å². The topological polar surface area (TPSA) is 90.5 Å². The van der Waals surface area contributed by atoms with Gasteiger partial charge in [0, 0.05) is 29.8 Å². The summed E-state index contributed by atoms with van der Waals surface area (Å²) in [5.74, 6) is -0.367. The van der Waals surface area contributed by atoms with Crippen molar-refractivity contribution in [3.8, 4) is 0 Å². The summed E-state index contributed by atoms with van der Waals surface area (Å²) in [5.41, 5.74) is 2.82. The lowest BCUT2D eigenvalue weighted by atomic mass is 10.1. The molecule has 3 rings (SSSR count). The highest BCUT2D eigenvalue weighted by Crippen LogP contribution is 2.31. The molecule has 0 aliphatic carbocycles. The number of benzene rings is 2. The number of nitrogens with one attached hydrogen (secondary N) is 3. The number of anilines is 4. The predicted molar refractivity (Wildman–Crippen MR) is 115 cm³/mol. The van der Waals surface area contributed by atoms with E-state index in [0.29, 0.717) is 17.1 Å². The molecule has 1 atom stereocenters. The Morgan fingerprint density at radius 2 is 1.76 bits per heavy atom. The molecule has 29 heavy (non-hydrogen) atoms. The van der Waals surface area contributed by atoms with Crippen LogP contribution in [0, 0.1) is 5.92 Å². The smallest absolute Gasteiger partial charge is 0.246 e. The lowest BCUT2D eigenvalue weighted by Gasteiger charge is -2.28. The third-order valence-corrected chi connectivity index (χ3v) is 4.75. The van der Waals surface area contributed by atoms with Crippen molar-refractivity contribution in [1.82, 2.24) is 0 Å². The Morgan fingerprint density at radius 1 is 1.10 bits per heavy atom. The SMILES string of the molecule is CC(C)C(=O)Nc1ccc(NCC(=O)N2c3ccccc3NC(=O)C[C@@H]2C)cc1. The van der Waals surface area contributed by atoms with E-state index in [9.17, 15) is 14.4 Å². The zero-order valence-electron chi connectivity index (χ0n) is 16.9. The van der Waals surface area contributed by atoms with E-state index in [2.05, 4.69) is 16.0 Å². The molecule has 0 spiro atoms. The first kappa shape index (κ1) is 20.4. The zero-order chi connectivity index (χ0) is 21.0.